The molecule has 1 unspecified atom stereocenters. The summed E-state index contributed by atoms with van der Waals surface area (Å²) in [5.74, 6) is 0.863. The highest BCUT2D eigenvalue weighted by Gasteiger charge is 2.23. The van der Waals surface area contributed by atoms with Crippen molar-refractivity contribution in [2.75, 3.05) is 32.8 Å². The first-order valence-electron chi connectivity index (χ1n) is 7.72. The number of amides is 1. The first-order valence-corrected chi connectivity index (χ1v) is 7.72. The third-order valence-corrected chi connectivity index (χ3v) is 3.50. The molecule has 1 heterocycles. The normalized spacial score (nSPS) is 20.0. The minimum Gasteiger partial charge on any atom is -0.381 e. The Bertz CT molecular complexity index is 257. The van der Waals surface area contributed by atoms with Crippen LogP contribution in [0.1, 0.15) is 46.5 Å². The van der Waals surface area contributed by atoms with Gasteiger partial charge in [0.05, 0.1) is 13.0 Å². The second kappa shape index (κ2) is 9.32. The Labute approximate surface area is 117 Å². The van der Waals surface area contributed by atoms with Crippen molar-refractivity contribution >= 4 is 5.91 Å². The van der Waals surface area contributed by atoms with Gasteiger partial charge in [0.15, 0.2) is 0 Å². The summed E-state index contributed by atoms with van der Waals surface area (Å²) in [6, 6.07) is 0.522. The zero-order valence-corrected chi connectivity index (χ0v) is 12.8. The third-order valence-electron chi connectivity index (χ3n) is 3.50. The Hall–Kier alpha value is -0.610. The van der Waals surface area contributed by atoms with E-state index < -0.39 is 0 Å². The Balaban J connectivity index is 2.23. The molecule has 0 aromatic carbocycles. The molecule has 0 aliphatic carbocycles. The van der Waals surface area contributed by atoms with E-state index in [0.717, 1.165) is 39.1 Å². The van der Waals surface area contributed by atoms with E-state index in [1.165, 1.54) is 6.42 Å². The molecule has 112 valence electrons. The minimum atomic E-state index is 0.255. The van der Waals surface area contributed by atoms with Crippen LogP contribution in [0.2, 0.25) is 0 Å². The van der Waals surface area contributed by atoms with Crippen LogP contribution < -0.4 is 5.32 Å². The molecule has 0 aromatic heterocycles. The van der Waals surface area contributed by atoms with E-state index in [1.54, 1.807) is 0 Å². The number of nitrogens with zero attached hydrogens (tertiary/aromatic N) is 1. The Morgan fingerprint density at radius 1 is 1.42 bits per heavy atom. The quantitative estimate of drug-likeness (QED) is 0.686. The van der Waals surface area contributed by atoms with Crippen LogP contribution in [0.4, 0.5) is 0 Å². The lowest BCUT2D eigenvalue weighted by Gasteiger charge is -2.33. The zero-order valence-electron chi connectivity index (χ0n) is 12.8. The summed E-state index contributed by atoms with van der Waals surface area (Å²) < 4.78 is 5.39. The Morgan fingerprint density at radius 3 is 2.89 bits per heavy atom. The average Bonchev–Trinajstić information content (AvgIpc) is 2.41. The topological polar surface area (TPSA) is 41.6 Å². The smallest absolute Gasteiger partial charge is 0.224 e. The molecule has 1 saturated heterocycles. The molecule has 1 aliphatic heterocycles. The summed E-state index contributed by atoms with van der Waals surface area (Å²) in [7, 11) is 0. The monoisotopic (exact) mass is 270 g/mol. The van der Waals surface area contributed by atoms with Crippen molar-refractivity contribution in [3.63, 3.8) is 0 Å². The van der Waals surface area contributed by atoms with Crippen molar-refractivity contribution in [3.8, 4) is 0 Å². The predicted octanol–water partition coefficient (Wildman–Crippen LogP) is 2.04. The molecule has 0 aromatic rings. The van der Waals surface area contributed by atoms with Gasteiger partial charge < -0.3 is 15.0 Å². The van der Waals surface area contributed by atoms with Gasteiger partial charge in [-0.3, -0.25) is 4.79 Å². The lowest BCUT2D eigenvalue weighted by atomic mass is 9.97. The molecule has 1 aliphatic rings. The van der Waals surface area contributed by atoms with Crippen molar-refractivity contribution in [1.82, 2.24) is 10.2 Å². The van der Waals surface area contributed by atoms with Gasteiger partial charge in [0.25, 0.3) is 0 Å². The number of ether oxygens (including phenoxy) is 1. The summed E-state index contributed by atoms with van der Waals surface area (Å²) in [6.07, 6.45) is 3.91. The van der Waals surface area contributed by atoms with Crippen molar-refractivity contribution in [2.24, 2.45) is 5.92 Å². The Kier molecular flexibility index (Phi) is 8.07. The summed E-state index contributed by atoms with van der Waals surface area (Å²) in [5.41, 5.74) is 0. The largest absolute Gasteiger partial charge is 0.381 e. The highest BCUT2D eigenvalue weighted by Crippen LogP contribution is 2.16. The molecular weight excluding hydrogens is 240 g/mol. The highest BCUT2D eigenvalue weighted by atomic mass is 16.5. The van der Waals surface area contributed by atoms with Gasteiger partial charge in [0, 0.05) is 25.7 Å². The maximum absolute atomic E-state index is 12.1. The molecule has 1 N–H and O–H groups in total. The van der Waals surface area contributed by atoms with E-state index in [-0.39, 0.29) is 5.91 Å². The lowest BCUT2D eigenvalue weighted by Crippen LogP contribution is -2.44. The molecule has 0 saturated carbocycles. The SMILES string of the molecule is CCCOCCC(=O)N1CCCC(CNC(C)C)C1. The maximum atomic E-state index is 12.1. The van der Waals surface area contributed by atoms with E-state index in [0.29, 0.717) is 25.0 Å². The molecule has 0 bridgehead atoms. The second-order valence-electron chi connectivity index (χ2n) is 5.77. The standard InChI is InChI=1S/C15H30N2O2/c1-4-9-19-10-7-15(18)17-8-5-6-14(12-17)11-16-13(2)3/h13-14,16H,4-12H2,1-3H3. The van der Waals surface area contributed by atoms with Gasteiger partial charge in [-0.15, -0.1) is 0 Å². The van der Waals surface area contributed by atoms with Crippen LogP contribution in [-0.4, -0.2) is 49.7 Å². The molecule has 1 atom stereocenters. The fraction of sp³-hybridized carbons (Fsp3) is 0.933. The summed E-state index contributed by atoms with van der Waals surface area (Å²) in [6.45, 7) is 10.6. The number of likely N-dealkylation sites (tertiary alicyclic amines) is 1. The van der Waals surface area contributed by atoms with E-state index in [2.05, 4.69) is 26.1 Å². The first kappa shape index (κ1) is 16.4. The fourth-order valence-corrected chi connectivity index (χ4v) is 2.42. The minimum absolute atomic E-state index is 0.255. The number of hydrogen-bond acceptors (Lipinski definition) is 3. The molecule has 0 spiro atoms. The first-order chi connectivity index (χ1) is 9.13. The molecule has 1 rings (SSSR count). The van der Waals surface area contributed by atoms with Gasteiger partial charge in [0.2, 0.25) is 5.91 Å². The molecule has 1 fully saturated rings. The average molecular weight is 270 g/mol. The van der Waals surface area contributed by atoms with E-state index in [9.17, 15) is 4.79 Å². The number of carbonyl (C=O) groups excluding carboxylic acids is 1. The van der Waals surface area contributed by atoms with Crippen LogP contribution in [0.25, 0.3) is 0 Å². The van der Waals surface area contributed by atoms with Crippen LogP contribution in [0.3, 0.4) is 0 Å². The number of rotatable bonds is 8. The van der Waals surface area contributed by atoms with E-state index in [1.807, 2.05) is 4.90 Å². The van der Waals surface area contributed by atoms with E-state index >= 15 is 0 Å². The third kappa shape index (κ3) is 6.92. The Morgan fingerprint density at radius 2 is 2.21 bits per heavy atom. The van der Waals surface area contributed by atoms with Crippen LogP contribution in [0, 0.1) is 5.92 Å². The van der Waals surface area contributed by atoms with Crippen LogP contribution >= 0.6 is 0 Å². The number of hydrogen-bond donors (Lipinski definition) is 1. The van der Waals surface area contributed by atoms with Crippen molar-refractivity contribution < 1.29 is 9.53 Å². The second-order valence-corrected chi connectivity index (χ2v) is 5.77. The maximum Gasteiger partial charge on any atom is 0.224 e. The van der Waals surface area contributed by atoms with Gasteiger partial charge in [0.1, 0.15) is 0 Å². The van der Waals surface area contributed by atoms with Gasteiger partial charge in [-0.05, 0) is 31.7 Å². The summed E-state index contributed by atoms with van der Waals surface area (Å²) >= 11 is 0. The molecule has 4 heteroatoms. The van der Waals surface area contributed by atoms with Crippen molar-refractivity contribution in [2.45, 2.75) is 52.5 Å². The predicted molar refractivity (Wildman–Crippen MR) is 78.2 cm³/mol. The fourth-order valence-electron chi connectivity index (χ4n) is 2.42. The van der Waals surface area contributed by atoms with Crippen LogP contribution in [0.15, 0.2) is 0 Å². The lowest BCUT2D eigenvalue weighted by molar-refractivity contribution is -0.134. The van der Waals surface area contributed by atoms with Crippen molar-refractivity contribution in [1.29, 1.82) is 0 Å². The summed E-state index contributed by atoms with van der Waals surface area (Å²) in [5, 5.41) is 3.47. The van der Waals surface area contributed by atoms with Crippen molar-refractivity contribution in [3.05, 3.63) is 0 Å². The molecule has 19 heavy (non-hydrogen) atoms. The number of piperidine rings is 1. The van der Waals surface area contributed by atoms with Crippen LogP contribution in [-0.2, 0) is 9.53 Å². The summed E-state index contributed by atoms with van der Waals surface area (Å²) in [4.78, 5) is 14.1. The van der Waals surface area contributed by atoms with Gasteiger partial charge in [-0.2, -0.15) is 0 Å². The molecular formula is C15H30N2O2. The number of carbonyl (C=O) groups is 1. The van der Waals surface area contributed by atoms with Gasteiger partial charge in [-0.1, -0.05) is 20.8 Å². The number of nitrogens with one attached hydrogen (secondary N) is 1. The highest BCUT2D eigenvalue weighted by molar-refractivity contribution is 5.76. The van der Waals surface area contributed by atoms with E-state index in [4.69, 9.17) is 4.74 Å². The molecule has 0 radical (unpaired) electrons. The van der Waals surface area contributed by atoms with Gasteiger partial charge >= 0.3 is 0 Å². The molecule has 4 nitrogen and oxygen atoms in total. The van der Waals surface area contributed by atoms with Gasteiger partial charge in [-0.25, -0.2) is 0 Å². The zero-order chi connectivity index (χ0) is 14.1. The van der Waals surface area contributed by atoms with Crippen LogP contribution in [0.5, 0.6) is 0 Å². The molecule has 1 amide bonds.